The molecule has 0 atom stereocenters. The van der Waals surface area contributed by atoms with E-state index in [9.17, 15) is 0 Å². The lowest BCUT2D eigenvalue weighted by Crippen LogP contribution is -2.45. The van der Waals surface area contributed by atoms with Gasteiger partial charge in [0.05, 0.1) is 0 Å². The molecular weight excluding hydrogens is 316 g/mol. The fourth-order valence-corrected chi connectivity index (χ4v) is 8.43. The summed E-state index contributed by atoms with van der Waals surface area (Å²) in [5.41, 5.74) is 8.73. The van der Waals surface area contributed by atoms with Gasteiger partial charge in [0.15, 0.2) is 0 Å². The summed E-state index contributed by atoms with van der Waals surface area (Å²) in [6.45, 7) is 13.6. The molecule has 0 nitrogen and oxygen atoms in total. The van der Waals surface area contributed by atoms with Crippen LogP contribution < -0.4 is 10.4 Å². The highest BCUT2D eigenvalue weighted by atomic mass is 28.3. The van der Waals surface area contributed by atoms with Crippen LogP contribution in [0.2, 0.25) is 0 Å². The number of rotatable bonds is 4. The Kier molecular flexibility index (Phi) is 5.15. The van der Waals surface area contributed by atoms with Crippen molar-refractivity contribution in [3.63, 3.8) is 0 Å². The fourth-order valence-electron chi connectivity index (χ4n) is 4.46. The molecule has 1 aliphatic rings. The number of benzene rings is 2. The molecular formula is C24H30Si. The lowest BCUT2D eigenvalue weighted by atomic mass is 10.1. The van der Waals surface area contributed by atoms with E-state index in [1.165, 1.54) is 22.3 Å². The van der Waals surface area contributed by atoms with Gasteiger partial charge in [-0.15, -0.1) is 0 Å². The van der Waals surface area contributed by atoms with Gasteiger partial charge in [-0.1, -0.05) is 92.8 Å². The number of hydrogen-bond acceptors (Lipinski definition) is 0. The van der Waals surface area contributed by atoms with Crippen molar-refractivity contribution in [1.29, 1.82) is 0 Å². The van der Waals surface area contributed by atoms with Crippen LogP contribution in [0.15, 0.2) is 58.8 Å². The smallest absolute Gasteiger partial charge is 0.0804 e. The first-order valence-electron chi connectivity index (χ1n) is 9.44. The van der Waals surface area contributed by atoms with Gasteiger partial charge in [0.2, 0.25) is 0 Å². The third-order valence-corrected chi connectivity index (χ3v) is 8.52. The Hall–Kier alpha value is -1.86. The Bertz CT molecular complexity index is 776. The lowest BCUT2D eigenvalue weighted by molar-refractivity contribution is 1.09. The molecule has 1 aliphatic carbocycles. The largest absolute Gasteiger partial charge is 0.132 e. The highest BCUT2D eigenvalue weighted by Crippen LogP contribution is 2.30. The summed E-state index contributed by atoms with van der Waals surface area (Å²) < 4.78 is 0. The van der Waals surface area contributed by atoms with Crippen molar-refractivity contribution in [3.8, 4) is 0 Å². The zero-order valence-electron chi connectivity index (χ0n) is 16.5. The van der Waals surface area contributed by atoms with Crippen LogP contribution in [0.4, 0.5) is 0 Å². The van der Waals surface area contributed by atoms with Crippen LogP contribution >= 0.6 is 0 Å². The molecule has 0 bridgehead atoms. The quantitative estimate of drug-likeness (QED) is 0.694. The first kappa shape index (κ1) is 17.9. The minimum atomic E-state index is -1.43. The molecule has 0 aromatic heterocycles. The molecule has 1 heteroatoms. The van der Waals surface area contributed by atoms with Crippen LogP contribution in [-0.4, -0.2) is 8.80 Å². The summed E-state index contributed by atoms with van der Waals surface area (Å²) in [5, 5.41) is 4.79. The van der Waals surface area contributed by atoms with Crippen LogP contribution in [0.3, 0.4) is 0 Å². The molecule has 0 spiro atoms. The van der Waals surface area contributed by atoms with Gasteiger partial charge in [-0.2, -0.15) is 0 Å². The van der Waals surface area contributed by atoms with E-state index in [0.29, 0.717) is 0 Å². The van der Waals surface area contributed by atoms with E-state index < -0.39 is 8.80 Å². The SMILES string of the molecule is CCC1=C(C)CC=C1[SiH](c1cc(C)cc(C)c1)c1cc(C)cc(C)c1. The Labute approximate surface area is 154 Å². The van der Waals surface area contributed by atoms with Crippen molar-refractivity contribution in [2.45, 2.75) is 54.4 Å². The van der Waals surface area contributed by atoms with Crippen LogP contribution in [0.5, 0.6) is 0 Å². The minimum absolute atomic E-state index is 1.14. The Balaban J connectivity index is 2.22. The number of hydrogen-bond donors (Lipinski definition) is 0. The molecule has 130 valence electrons. The van der Waals surface area contributed by atoms with Gasteiger partial charge < -0.3 is 0 Å². The second kappa shape index (κ2) is 7.17. The van der Waals surface area contributed by atoms with E-state index in [4.69, 9.17) is 0 Å². The number of aryl methyl sites for hydroxylation is 4. The summed E-state index contributed by atoms with van der Waals surface area (Å²) in [5.74, 6) is 0. The van der Waals surface area contributed by atoms with Gasteiger partial charge >= 0.3 is 0 Å². The minimum Gasteiger partial charge on any atom is -0.0804 e. The zero-order valence-corrected chi connectivity index (χ0v) is 17.7. The van der Waals surface area contributed by atoms with Crippen LogP contribution in [0.25, 0.3) is 0 Å². The van der Waals surface area contributed by atoms with Crippen molar-refractivity contribution in [2.75, 3.05) is 0 Å². The summed E-state index contributed by atoms with van der Waals surface area (Å²) in [4.78, 5) is 0. The van der Waals surface area contributed by atoms with Crippen molar-refractivity contribution in [1.82, 2.24) is 0 Å². The van der Waals surface area contributed by atoms with E-state index in [1.807, 2.05) is 0 Å². The molecule has 0 radical (unpaired) electrons. The first-order valence-corrected chi connectivity index (χ1v) is 11.2. The summed E-state index contributed by atoms with van der Waals surface area (Å²) >= 11 is 0. The van der Waals surface area contributed by atoms with E-state index >= 15 is 0 Å². The average molecular weight is 347 g/mol. The maximum Gasteiger partial charge on any atom is 0.132 e. The van der Waals surface area contributed by atoms with Gasteiger partial charge in [0.1, 0.15) is 8.80 Å². The molecule has 0 amide bonds. The summed E-state index contributed by atoms with van der Waals surface area (Å²) in [6, 6.07) is 14.3. The molecule has 2 aromatic carbocycles. The highest BCUT2D eigenvalue weighted by molar-refractivity contribution is 6.91. The predicted octanol–water partition coefficient (Wildman–Crippen LogP) is 4.86. The second-order valence-electron chi connectivity index (χ2n) is 7.75. The summed E-state index contributed by atoms with van der Waals surface area (Å²) in [6.07, 6.45) is 4.81. The van der Waals surface area contributed by atoms with Crippen molar-refractivity contribution >= 4 is 19.2 Å². The first-order chi connectivity index (χ1) is 11.9. The van der Waals surface area contributed by atoms with Crippen LogP contribution in [-0.2, 0) is 0 Å². The molecule has 0 heterocycles. The molecule has 0 fully saturated rings. The third-order valence-electron chi connectivity index (χ3n) is 5.31. The van der Waals surface area contributed by atoms with Crippen molar-refractivity contribution < 1.29 is 0 Å². The molecule has 0 saturated carbocycles. The highest BCUT2D eigenvalue weighted by Gasteiger charge is 2.27. The van der Waals surface area contributed by atoms with E-state index in [0.717, 1.165) is 12.8 Å². The Morgan fingerprint density at radius 2 is 1.16 bits per heavy atom. The van der Waals surface area contributed by atoms with Crippen molar-refractivity contribution in [3.05, 3.63) is 81.1 Å². The molecule has 25 heavy (non-hydrogen) atoms. The zero-order chi connectivity index (χ0) is 18.1. The molecule has 0 aliphatic heterocycles. The van der Waals surface area contributed by atoms with Gasteiger partial charge in [-0.05, 0) is 53.0 Å². The molecule has 0 unspecified atom stereocenters. The molecule has 0 N–H and O–H groups in total. The molecule has 0 saturated heterocycles. The summed E-state index contributed by atoms with van der Waals surface area (Å²) in [7, 11) is -1.43. The van der Waals surface area contributed by atoms with E-state index in [1.54, 1.807) is 26.7 Å². The average Bonchev–Trinajstić information content (AvgIpc) is 2.86. The van der Waals surface area contributed by atoms with Gasteiger partial charge in [0, 0.05) is 0 Å². The maximum absolute atomic E-state index is 2.53. The third kappa shape index (κ3) is 3.72. The van der Waals surface area contributed by atoms with E-state index in [-0.39, 0.29) is 0 Å². The molecule has 2 aromatic rings. The van der Waals surface area contributed by atoms with Gasteiger partial charge in [-0.3, -0.25) is 0 Å². The monoisotopic (exact) mass is 346 g/mol. The van der Waals surface area contributed by atoms with E-state index in [2.05, 4.69) is 84.0 Å². The Morgan fingerprint density at radius 1 is 0.720 bits per heavy atom. The molecule has 3 rings (SSSR count). The van der Waals surface area contributed by atoms with Crippen LogP contribution in [0.1, 0.15) is 48.9 Å². The standard InChI is InChI=1S/C24H30Si/c1-7-23-20(6)8-9-24(23)25(21-12-16(2)10-17(3)13-21)22-14-18(4)11-19(5)15-22/h9-15,25H,7-8H2,1-6H3. The fraction of sp³-hybridized carbons (Fsp3) is 0.333. The Morgan fingerprint density at radius 3 is 1.56 bits per heavy atom. The van der Waals surface area contributed by atoms with Gasteiger partial charge in [-0.25, -0.2) is 0 Å². The topological polar surface area (TPSA) is 0 Å². The number of allylic oxidation sites excluding steroid dienone is 4. The maximum atomic E-state index is 2.53. The van der Waals surface area contributed by atoms with Gasteiger partial charge in [0.25, 0.3) is 0 Å². The lowest BCUT2D eigenvalue weighted by Gasteiger charge is -2.23. The van der Waals surface area contributed by atoms with Crippen molar-refractivity contribution in [2.24, 2.45) is 0 Å². The van der Waals surface area contributed by atoms with Crippen LogP contribution in [0, 0.1) is 27.7 Å². The second-order valence-corrected chi connectivity index (χ2v) is 10.6. The predicted molar refractivity (Wildman–Crippen MR) is 114 cm³/mol. The normalized spacial score (nSPS) is 14.4.